The normalized spacial score (nSPS) is 19.8. The van der Waals surface area contributed by atoms with Gasteiger partial charge in [0.15, 0.2) is 0 Å². The third-order valence-corrected chi connectivity index (χ3v) is 2.94. The van der Waals surface area contributed by atoms with Crippen LogP contribution in [0.5, 0.6) is 0 Å². The van der Waals surface area contributed by atoms with Crippen molar-refractivity contribution in [3.63, 3.8) is 0 Å². The zero-order valence-electron chi connectivity index (χ0n) is 9.90. The van der Waals surface area contributed by atoms with Crippen LogP contribution >= 0.6 is 0 Å². The fourth-order valence-corrected chi connectivity index (χ4v) is 2.17. The van der Waals surface area contributed by atoms with Gasteiger partial charge in [0, 0.05) is 24.4 Å². The van der Waals surface area contributed by atoms with Crippen LogP contribution in [0, 0.1) is 0 Å². The van der Waals surface area contributed by atoms with Gasteiger partial charge >= 0.3 is 0 Å². The lowest BCUT2D eigenvalue weighted by Crippen LogP contribution is -2.36. The lowest BCUT2D eigenvalue weighted by Gasteiger charge is -2.28. The molecular weight excluding hydrogens is 198 g/mol. The van der Waals surface area contributed by atoms with Crippen molar-refractivity contribution in [2.24, 2.45) is 0 Å². The molecule has 0 aliphatic carbocycles. The van der Waals surface area contributed by atoms with Gasteiger partial charge in [-0.1, -0.05) is 33.1 Å². The van der Waals surface area contributed by atoms with Gasteiger partial charge in [-0.3, -0.25) is 0 Å². The van der Waals surface area contributed by atoms with Gasteiger partial charge in [0.05, 0.1) is 0 Å². The van der Waals surface area contributed by atoms with Gasteiger partial charge in [-0.15, -0.1) is 0 Å². The first kappa shape index (κ1) is 10.9. The summed E-state index contributed by atoms with van der Waals surface area (Å²) in [6.07, 6.45) is 2.39. The average Bonchev–Trinajstić information content (AvgIpc) is 2.52. The van der Waals surface area contributed by atoms with Crippen LogP contribution in [0.4, 0.5) is 0 Å². The van der Waals surface area contributed by atoms with Crippen molar-refractivity contribution in [3.05, 3.63) is 48.2 Å². The average molecular weight is 217 g/mol. The number of hydrogen-bond acceptors (Lipinski definition) is 3. The van der Waals surface area contributed by atoms with E-state index in [-0.39, 0.29) is 0 Å². The second-order valence-electron chi connectivity index (χ2n) is 4.31. The number of nitrogens with zero attached hydrogens (tertiary/aromatic N) is 1. The van der Waals surface area contributed by atoms with Gasteiger partial charge < -0.3 is 15.5 Å². The van der Waals surface area contributed by atoms with Crippen LogP contribution in [0.2, 0.25) is 0 Å². The molecule has 0 bridgehead atoms. The quantitative estimate of drug-likeness (QED) is 0.757. The third-order valence-electron chi connectivity index (χ3n) is 2.94. The Labute approximate surface area is 97.2 Å². The number of allylic oxidation sites excluding steroid dienone is 1. The minimum absolute atomic E-state index is 0.792. The van der Waals surface area contributed by atoms with Crippen LogP contribution in [-0.2, 0) is 0 Å². The standard InChI is InChI=1S/C13H19N3/c1-5-6-7-16-8-9(2)12-10(3)14-11(4)15-13(12)16/h14-15H,2-8H2,1H3. The molecular formula is C13H19N3. The topological polar surface area (TPSA) is 27.3 Å². The van der Waals surface area contributed by atoms with E-state index in [2.05, 4.69) is 42.2 Å². The molecule has 2 rings (SSSR count). The minimum Gasteiger partial charge on any atom is -0.353 e. The Hall–Kier alpha value is -1.64. The Morgan fingerprint density at radius 3 is 2.69 bits per heavy atom. The van der Waals surface area contributed by atoms with Gasteiger partial charge in [-0.05, 0) is 12.0 Å². The zero-order chi connectivity index (χ0) is 11.7. The second kappa shape index (κ2) is 4.08. The molecule has 0 atom stereocenters. The van der Waals surface area contributed by atoms with Gasteiger partial charge in [0.1, 0.15) is 11.6 Å². The van der Waals surface area contributed by atoms with E-state index < -0.39 is 0 Å². The number of rotatable bonds is 3. The summed E-state index contributed by atoms with van der Waals surface area (Å²) >= 11 is 0. The maximum atomic E-state index is 4.10. The molecule has 0 saturated carbocycles. The van der Waals surface area contributed by atoms with Gasteiger partial charge in [0.25, 0.3) is 0 Å². The van der Waals surface area contributed by atoms with Crippen molar-refractivity contribution in [3.8, 4) is 0 Å². The number of unbranched alkanes of at least 4 members (excludes halogenated alkanes) is 1. The summed E-state index contributed by atoms with van der Waals surface area (Å²) in [4.78, 5) is 2.32. The van der Waals surface area contributed by atoms with Crippen LogP contribution in [0.25, 0.3) is 0 Å². The highest BCUT2D eigenvalue weighted by Crippen LogP contribution is 2.32. The Kier molecular flexibility index (Phi) is 2.77. The van der Waals surface area contributed by atoms with E-state index in [1.807, 2.05) is 0 Å². The molecule has 0 saturated heterocycles. The Bertz CT molecular complexity index is 390. The SMILES string of the molecule is C=C1NC(=C)C2=C(N1)N(CCCC)CC2=C. The van der Waals surface area contributed by atoms with E-state index in [4.69, 9.17) is 0 Å². The first-order chi connectivity index (χ1) is 7.63. The van der Waals surface area contributed by atoms with Crippen LogP contribution in [0.1, 0.15) is 19.8 Å². The predicted octanol–water partition coefficient (Wildman–Crippen LogP) is 2.05. The molecule has 0 radical (unpaired) electrons. The van der Waals surface area contributed by atoms with Crippen LogP contribution in [-0.4, -0.2) is 18.0 Å². The highest BCUT2D eigenvalue weighted by Gasteiger charge is 2.30. The van der Waals surface area contributed by atoms with Crippen LogP contribution < -0.4 is 10.6 Å². The van der Waals surface area contributed by atoms with E-state index in [1.54, 1.807) is 0 Å². The summed E-state index contributed by atoms with van der Waals surface area (Å²) in [5, 5.41) is 6.39. The molecule has 0 aromatic rings. The highest BCUT2D eigenvalue weighted by molar-refractivity contribution is 5.54. The molecule has 0 spiro atoms. The molecule has 86 valence electrons. The summed E-state index contributed by atoms with van der Waals surface area (Å²) in [5.41, 5.74) is 3.16. The molecule has 0 unspecified atom stereocenters. The maximum Gasteiger partial charge on any atom is 0.117 e. The molecule has 2 heterocycles. The molecule has 2 aliphatic rings. The van der Waals surface area contributed by atoms with Crippen molar-refractivity contribution in [1.29, 1.82) is 0 Å². The molecule has 3 heteroatoms. The first-order valence-electron chi connectivity index (χ1n) is 5.73. The Morgan fingerprint density at radius 2 is 2.00 bits per heavy atom. The third kappa shape index (κ3) is 1.73. The maximum absolute atomic E-state index is 4.10. The molecule has 2 N–H and O–H groups in total. The first-order valence-corrected chi connectivity index (χ1v) is 5.73. The van der Waals surface area contributed by atoms with Crippen molar-refractivity contribution < 1.29 is 0 Å². The van der Waals surface area contributed by atoms with Crippen LogP contribution in [0.15, 0.2) is 48.2 Å². The summed E-state index contributed by atoms with van der Waals surface area (Å²) in [6.45, 7) is 16.2. The molecule has 16 heavy (non-hydrogen) atoms. The smallest absolute Gasteiger partial charge is 0.117 e. The minimum atomic E-state index is 0.792. The largest absolute Gasteiger partial charge is 0.353 e. The Balaban J connectivity index is 2.24. The Morgan fingerprint density at radius 1 is 1.25 bits per heavy atom. The summed E-state index contributed by atoms with van der Waals surface area (Å²) in [5.74, 6) is 1.91. The van der Waals surface area contributed by atoms with E-state index in [0.29, 0.717) is 0 Å². The molecule has 0 amide bonds. The van der Waals surface area contributed by atoms with E-state index in [1.165, 1.54) is 12.8 Å². The fourth-order valence-electron chi connectivity index (χ4n) is 2.17. The highest BCUT2D eigenvalue weighted by atomic mass is 15.3. The van der Waals surface area contributed by atoms with Gasteiger partial charge in [-0.2, -0.15) is 0 Å². The monoisotopic (exact) mass is 217 g/mol. The number of hydrogen-bond donors (Lipinski definition) is 2. The van der Waals surface area contributed by atoms with Crippen LogP contribution in [0.3, 0.4) is 0 Å². The summed E-state index contributed by atoms with van der Waals surface area (Å²) in [7, 11) is 0. The predicted molar refractivity (Wildman–Crippen MR) is 67.2 cm³/mol. The van der Waals surface area contributed by atoms with Crippen molar-refractivity contribution in [2.45, 2.75) is 19.8 Å². The lowest BCUT2D eigenvalue weighted by molar-refractivity contribution is 0.360. The van der Waals surface area contributed by atoms with Crippen molar-refractivity contribution in [1.82, 2.24) is 15.5 Å². The molecule has 2 aliphatic heterocycles. The molecule has 0 fully saturated rings. The van der Waals surface area contributed by atoms with E-state index in [9.17, 15) is 0 Å². The van der Waals surface area contributed by atoms with E-state index >= 15 is 0 Å². The second-order valence-corrected chi connectivity index (χ2v) is 4.31. The van der Waals surface area contributed by atoms with Gasteiger partial charge in [0.2, 0.25) is 0 Å². The van der Waals surface area contributed by atoms with Gasteiger partial charge in [-0.25, -0.2) is 0 Å². The lowest BCUT2D eigenvalue weighted by atomic mass is 10.1. The summed E-state index contributed by atoms with van der Waals surface area (Å²) in [6, 6.07) is 0. The zero-order valence-corrected chi connectivity index (χ0v) is 9.90. The molecule has 0 aromatic carbocycles. The van der Waals surface area contributed by atoms with Crippen molar-refractivity contribution in [2.75, 3.05) is 13.1 Å². The number of nitrogens with one attached hydrogen (secondary N) is 2. The van der Waals surface area contributed by atoms with Crippen molar-refractivity contribution >= 4 is 0 Å². The summed E-state index contributed by atoms with van der Waals surface area (Å²) < 4.78 is 0. The van der Waals surface area contributed by atoms with E-state index in [0.717, 1.165) is 41.6 Å². The molecule has 0 aromatic heterocycles. The molecule has 3 nitrogen and oxygen atoms in total. The fraction of sp³-hybridized carbons (Fsp3) is 0.385.